The van der Waals surface area contributed by atoms with E-state index in [1.165, 1.54) is 0 Å². The van der Waals surface area contributed by atoms with Crippen molar-refractivity contribution < 1.29 is 19.4 Å². The highest BCUT2D eigenvalue weighted by Gasteiger charge is 2.31. The van der Waals surface area contributed by atoms with E-state index in [1.54, 1.807) is 30.3 Å². The van der Waals surface area contributed by atoms with E-state index in [0.717, 1.165) is 0 Å². The van der Waals surface area contributed by atoms with E-state index in [0.29, 0.717) is 18.6 Å². The Balaban J connectivity index is 2.05. The van der Waals surface area contributed by atoms with E-state index in [9.17, 15) is 14.7 Å². The first-order valence-electron chi connectivity index (χ1n) is 6.27. The summed E-state index contributed by atoms with van der Waals surface area (Å²) in [5.41, 5.74) is 0.565. The number of carboxylic acids is 1. The summed E-state index contributed by atoms with van der Waals surface area (Å²) in [4.78, 5) is 23.3. The summed E-state index contributed by atoms with van der Waals surface area (Å²) in [5.74, 6) is -1.59. The predicted molar refractivity (Wildman–Crippen MR) is 68.5 cm³/mol. The number of hydrogen-bond donors (Lipinski definition) is 2. The molecule has 0 spiro atoms. The summed E-state index contributed by atoms with van der Waals surface area (Å²) >= 11 is 0. The molecule has 0 saturated carbocycles. The number of hydrogen-bond acceptors (Lipinski definition) is 3. The molecule has 3 unspecified atom stereocenters. The molecule has 1 aromatic carbocycles. The van der Waals surface area contributed by atoms with E-state index in [4.69, 9.17) is 4.74 Å². The third-order valence-corrected chi connectivity index (χ3v) is 3.24. The van der Waals surface area contributed by atoms with Crippen LogP contribution in [0.4, 0.5) is 0 Å². The monoisotopic (exact) mass is 263 g/mol. The Bertz CT molecular complexity index is 460. The third-order valence-electron chi connectivity index (χ3n) is 3.24. The van der Waals surface area contributed by atoms with Gasteiger partial charge in [0.1, 0.15) is 0 Å². The van der Waals surface area contributed by atoms with Crippen LogP contribution >= 0.6 is 0 Å². The first-order valence-corrected chi connectivity index (χ1v) is 6.27. The normalized spacial score (nSPS) is 23.8. The van der Waals surface area contributed by atoms with Gasteiger partial charge in [-0.05, 0) is 18.9 Å². The van der Waals surface area contributed by atoms with Crippen molar-refractivity contribution in [3.8, 4) is 0 Å². The topological polar surface area (TPSA) is 75.6 Å². The number of carboxylic acid groups (broad SMARTS) is 1. The Labute approximate surface area is 111 Å². The van der Waals surface area contributed by atoms with Crippen LogP contribution in [0.2, 0.25) is 0 Å². The van der Waals surface area contributed by atoms with Crippen LogP contribution in [-0.4, -0.2) is 29.7 Å². The van der Waals surface area contributed by atoms with Gasteiger partial charge in [-0.3, -0.25) is 4.79 Å². The molecule has 0 radical (unpaired) electrons. The molecule has 0 bridgehead atoms. The lowest BCUT2D eigenvalue weighted by Gasteiger charge is -2.17. The Morgan fingerprint density at radius 2 is 2.05 bits per heavy atom. The molecule has 19 heavy (non-hydrogen) atoms. The summed E-state index contributed by atoms with van der Waals surface area (Å²) in [5, 5.41) is 11.8. The predicted octanol–water partition coefficient (Wildman–Crippen LogP) is 1.35. The second kappa shape index (κ2) is 5.84. The molecule has 1 amide bonds. The molecule has 1 fully saturated rings. The van der Waals surface area contributed by atoms with Gasteiger partial charge in [-0.1, -0.05) is 30.3 Å². The zero-order valence-electron chi connectivity index (χ0n) is 10.7. The van der Waals surface area contributed by atoms with Gasteiger partial charge in [0.15, 0.2) is 6.04 Å². The third kappa shape index (κ3) is 3.32. The molecular formula is C14H17NO4. The van der Waals surface area contributed by atoms with Crippen molar-refractivity contribution in [2.75, 3.05) is 6.61 Å². The molecule has 1 saturated heterocycles. The van der Waals surface area contributed by atoms with E-state index in [-0.39, 0.29) is 17.9 Å². The van der Waals surface area contributed by atoms with Crippen molar-refractivity contribution in [3.63, 3.8) is 0 Å². The highest BCUT2D eigenvalue weighted by molar-refractivity contribution is 5.86. The highest BCUT2D eigenvalue weighted by Crippen LogP contribution is 2.21. The van der Waals surface area contributed by atoms with Gasteiger partial charge in [-0.2, -0.15) is 0 Å². The minimum absolute atomic E-state index is 0.0516. The van der Waals surface area contributed by atoms with Gasteiger partial charge in [0.2, 0.25) is 5.91 Å². The summed E-state index contributed by atoms with van der Waals surface area (Å²) in [6.45, 7) is 2.26. The van der Waals surface area contributed by atoms with Crippen LogP contribution in [0.5, 0.6) is 0 Å². The number of amides is 1. The van der Waals surface area contributed by atoms with Crippen LogP contribution in [0.15, 0.2) is 30.3 Å². The molecule has 5 heteroatoms. The number of rotatable bonds is 4. The highest BCUT2D eigenvalue weighted by atomic mass is 16.5. The van der Waals surface area contributed by atoms with Crippen LogP contribution in [0, 0.1) is 5.92 Å². The zero-order chi connectivity index (χ0) is 13.8. The van der Waals surface area contributed by atoms with Crippen molar-refractivity contribution in [2.45, 2.75) is 25.5 Å². The fraction of sp³-hybridized carbons (Fsp3) is 0.429. The summed E-state index contributed by atoms with van der Waals surface area (Å²) in [6.07, 6.45) is 0.684. The molecule has 1 aliphatic rings. The molecule has 1 aromatic rings. The maximum atomic E-state index is 12.0. The molecule has 2 rings (SSSR count). The number of ether oxygens (including phenoxy) is 1. The van der Waals surface area contributed by atoms with Crippen molar-refractivity contribution in [1.29, 1.82) is 0 Å². The van der Waals surface area contributed by atoms with E-state index >= 15 is 0 Å². The fourth-order valence-electron chi connectivity index (χ4n) is 2.19. The van der Waals surface area contributed by atoms with Crippen LogP contribution in [0.1, 0.15) is 24.9 Å². The number of carbonyl (C=O) groups is 2. The summed E-state index contributed by atoms with van der Waals surface area (Å²) < 4.78 is 5.33. The number of nitrogens with one attached hydrogen (secondary N) is 1. The van der Waals surface area contributed by atoms with E-state index in [1.807, 2.05) is 6.92 Å². The Morgan fingerprint density at radius 1 is 1.37 bits per heavy atom. The van der Waals surface area contributed by atoms with Crippen LogP contribution in [-0.2, 0) is 14.3 Å². The van der Waals surface area contributed by atoms with Crippen LogP contribution < -0.4 is 5.32 Å². The minimum Gasteiger partial charge on any atom is -0.479 e. The molecule has 2 N–H and O–H groups in total. The first kappa shape index (κ1) is 13.5. The fourth-order valence-corrected chi connectivity index (χ4v) is 2.19. The maximum Gasteiger partial charge on any atom is 0.330 e. The molecular weight excluding hydrogens is 246 g/mol. The molecule has 0 aromatic heterocycles. The zero-order valence-corrected chi connectivity index (χ0v) is 10.7. The van der Waals surface area contributed by atoms with Crippen molar-refractivity contribution in [1.82, 2.24) is 5.32 Å². The minimum atomic E-state index is -1.06. The first-order chi connectivity index (χ1) is 9.08. The molecule has 1 aliphatic heterocycles. The van der Waals surface area contributed by atoms with Gasteiger partial charge >= 0.3 is 5.97 Å². The Kier molecular flexibility index (Phi) is 4.16. The van der Waals surface area contributed by atoms with Crippen molar-refractivity contribution in [2.24, 2.45) is 5.92 Å². The molecule has 0 aliphatic carbocycles. The van der Waals surface area contributed by atoms with Crippen molar-refractivity contribution >= 4 is 11.9 Å². The number of benzene rings is 1. The SMILES string of the molecule is CC1CC(C(=O)NC(C(=O)O)c2ccccc2)CO1. The van der Waals surface area contributed by atoms with Gasteiger partial charge < -0.3 is 15.2 Å². The number of carbonyl (C=O) groups excluding carboxylic acids is 1. The smallest absolute Gasteiger partial charge is 0.330 e. The standard InChI is InChI=1S/C14H17NO4/c1-9-7-11(8-19-9)13(16)15-12(14(17)18)10-5-3-2-4-6-10/h2-6,9,11-12H,7-8H2,1H3,(H,15,16)(H,17,18). The summed E-state index contributed by atoms with van der Waals surface area (Å²) in [6, 6.07) is 7.66. The molecule has 1 heterocycles. The summed E-state index contributed by atoms with van der Waals surface area (Å²) in [7, 11) is 0. The quantitative estimate of drug-likeness (QED) is 0.860. The largest absolute Gasteiger partial charge is 0.479 e. The van der Waals surface area contributed by atoms with Crippen LogP contribution in [0.3, 0.4) is 0 Å². The van der Waals surface area contributed by atoms with E-state index in [2.05, 4.69) is 5.32 Å². The van der Waals surface area contributed by atoms with Gasteiger partial charge in [0.05, 0.1) is 18.6 Å². The van der Waals surface area contributed by atoms with E-state index < -0.39 is 12.0 Å². The van der Waals surface area contributed by atoms with Crippen LogP contribution in [0.25, 0.3) is 0 Å². The van der Waals surface area contributed by atoms with Gasteiger partial charge in [-0.25, -0.2) is 4.79 Å². The lowest BCUT2D eigenvalue weighted by atomic mass is 10.0. The average molecular weight is 263 g/mol. The molecule has 3 atom stereocenters. The van der Waals surface area contributed by atoms with Gasteiger partial charge in [-0.15, -0.1) is 0 Å². The average Bonchev–Trinajstić information content (AvgIpc) is 2.83. The van der Waals surface area contributed by atoms with Gasteiger partial charge in [0, 0.05) is 0 Å². The maximum absolute atomic E-state index is 12.0. The second-order valence-electron chi connectivity index (χ2n) is 4.77. The Morgan fingerprint density at radius 3 is 2.58 bits per heavy atom. The number of aliphatic carboxylic acids is 1. The lowest BCUT2D eigenvalue weighted by molar-refractivity contribution is -0.142. The van der Waals surface area contributed by atoms with Crippen molar-refractivity contribution in [3.05, 3.63) is 35.9 Å². The second-order valence-corrected chi connectivity index (χ2v) is 4.77. The molecule has 5 nitrogen and oxygen atoms in total. The van der Waals surface area contributed by atoms with Gasteiger partial charge in [0.25, 0.3) is 0 Å². The molecule has 102 valence electrons. The Hall–Kier alpha value is -1.88. The lowest BCUT2D eigenvalue weighted by Crippen LogP contribution is -2.38.